The Morgan fingerprint density at radius 2 is 1.79 bits per heavy atom. The number of carbonyl (C=O) groups excluding carboxylic acids is 1. The quantitative estimate of drug-likeness (QED) is 0.787. The number of piperidine rings is 2. The number of carbonyl (C=O) groups is 1. The summed E-state index contributed by atoms with van der Waals surface area (Å²) in [7, 11) is 0. The standard InChI is InChI=1S/C22H26N4OS/c1-16-20(28-21(24-16)18-7-5-17(15-23)6-8-18)22(27)26-13-9-19(10-14-26)25-11-3-2-4-12-25/h5-8,19H,2-4,9-14H2,1H3. The molecule has 28 heavy (non-hydrogen) atoms. The minimum atomic E-state index is 0.118. The summed E-state index contributed by atoms with van der Waals surface area (Å²) >= 11 is 1.46. The van der Waals surface area contributed by atoms with Gasteiger partial charge in [0.05, 0.1) is 17.3 Å². The third kappa shape index (κ3) is 3.96. The van der Waals surface area contributed by atoms with E-state index >= 15 is 0 Å². The van der Waals surface area contributed by atoms with E-state index in [1.165, 1.54) is 43.7 Å². The third-order valence-electron chi connectivity index (χ3n) is 5.91. The molecule has 0 unspecified atom stereocenters. The van der Waals surface area contributed by atoms with Crippen molar-refractivity contribution in [1.29, 1.82) is 5.26 Å². The zero-order chi connectivity index (χ0) is 19.5. The van der Waals surface area contributed by atoms with Crippen LogP contribution < -0.4 is 0 Å². The number of hydrogen-bond acceptors (Lipinski definition) is 5. The van der Waals surface area contributed by atoms with Crippen molar-refractivity contribution in [3.05, 3.63) is 40.4 Å². The maximum absolute atomic E-state index is 13.1. The third-order valence-corrected chi connectivity index (χ3v) is 7.11. The van der Waals surface area contributed by atoms with E-state index in [2.05, 4.69) is 16.0 Å². The molecule has 2 aliphatic heterocycles. The Balaban J connectivity index is 1.42. The first-order valence-electron chi connectivity index (χ1n) is 10.2. The Labute approximate surface area is 170 Å². The van der Waals surface area contributed by atoms with Crippen LogP contribution in [0.4, 0.5) is 0 Å². The van der Waals surface area contributed by atoms with Crippen LogP contribution in [0.5, 0.6) is 0 Å². The average molecular weight is 395 g/mol. The summed E-state index contributed by atoms with van der Waals surface area (Å²) in [6.07, 6.45) is 6.15. The van der Waals surface area contributed by atoms with E-state index in [4.69, 9.17) is 5.26 Å². The van der Waals surface area contributed by atoms with Gasteiger partial charge in [0.1, 0.15) is 9.88 Å². The highest BCUT2D eigenvalue weighted by atomic mass is 32.1. The first kappa shape index (κ1) is 19.1. The monoisotopic (exact) mass is 394 g/mol. The Morgan fingerprint density at radius 1 is 1.11 bits per heavy atom. The molecule has 0 aliphatic carbocycles. The summed E-state index contributed by atoms with van der Waals surface area (Å²) in [4.78, 5) is 23.1. The molecule has 6 heteroatoms. The summed E-state index contributed by atoms with van der Waals surface area (Å²) in [5, 5.41) is 9.79. The summed E-state index contributed by atoms with van der Waals surface area (Å²) < 4.78 is 0. The van der Waals surface area contributed by atoms with E-state index in [0.29, 0.717) is 11.6 Å². The van der Waals surface area contributed by atoms with E-state index in [0.717, 1.165) is 47.1 Å². The van der Waals surface area contributed by atoms with E-state index in [-0.39, 0.29) is 5.91 Å². The van der Waals surface area contributed by atoms with Crippen LogP contribution in [0.3, 0.4) is 0 Å². The molecule has 0 saturated carbocycles. The number of amides is 1. The molecule has 3 heterocycles. The summed E-state index contributed by atoms with van der Waals surface area (Å²) in [6, 6.07) is 10.1. The van der Waals surface area contributed by atoms with Crippen LogP contribution in [-0.2, 0) is 0 Å². The molecule has 0 atom stereocenters. The normalized spacial score (nSPS) is 18.8. The van der Waals surface area contributed by atoms with E-state index in [1.54, 1.807) is 12.1 Å². The van der Waals surface area contributed by atoms with Gasteiger partial charge in [-0.1, -0.05) is 18.6 Å². The van der Waals surface area contributed by atoms with Crippen molar-refractivity contribution in [3.8, 4) is 16.6 Å². The first-order valence-corrected chi connectivity index (χ1v) is 11.0. The number of nitrogens with zero attached hydrogens (tertiary/aromatic N) is 4. The second-order valence-corrected chi connectivity index (χ2v) is 8.74. The van der Waals surface area contributed by atoms with E-state index in [9.17, 15) is 4.79 Å². The second kappa shape index (κ2) is 8.42. The molecule has 2 aromatic rings. The zero-order valence-electron chi connectivity index (χ0n) is 16.4. The molecular formula is C22H26N4OS. The highest BCUT2D eigenvalue weighted by Gasteiger charge is 2.29. The maximum Gasteiger partial charge on any atom is 0.265 e. The molecule has 0 spiro atoms. The van der Waals surface area contributed by atoms with E-state index in [1.807, 2.05) is 24.0 Å². The lowest BCUT2D eigenvalue weighted by molar-refractivity contribution is 0.0593. The molecule has 0 bridgehead atoms. The minimum absolute atomic E-state index is 0.118. The van der Waals surface area contributed by atoms with Crippen molar-refractivity contribution in [1.82, 2.24) is 14.8 Å². The number of likely N-dealkylation sites (tertiary alicyclic amines) is 2. The SMILES string of the molecule is Cc1nc(-c2ccc(C#N)cc2)sc1C(=O)N1CCC(N2CCCCC2)CC1. The predicted molar refractivity (Wildman–Crippen MR) is 111 cm³/mol. The topological polar surface area (TPSA) is 60.2 Å². The molecule has 0 radical (unpaired) electrons. The molecule has 4 rings (SSSR count). The van der Waals surface area contributed by atoms with Crippen LogP contribution in [0.2, 0.25) is 0 Å². The Morgan fingerprint density at radius 3 is 2.43 bits per heavy atom. The molecule has 2 aliphatic rings. The van der Waals surface area contributed by atoms with Gasteiger partial charge in [0, 0.05) is 24.7 Å². The number of aromatic nitrogens is 1. The summed E-state index contributed by atoms with van der Waals surface area (Å²) in [6.45, 7) is 6.03. The number of aryl methyl sites for hydroxylation is 1. The van der Waals surface area contributed by atoms with Gasteiger partial charge >= 0.3 is 0 Å². The van der Waals surface area contributed by atoms with Gasteiger partial charge in [0.15, 0.2) is 0 Å². The van der Waals surface area contributed by atoms with Crippen LogP contribution >= 0.6 is 11.3 Å². The molecule has 1 aromatic heterocycles. The minimum Gasteiger partial charge on any atom is -0.338 e. The fourth-order valence-electron chi connectivity index (χ4n) is 4.27. The van der Waals surface area contributed by atoms with Gasteiger partial charge in [-0.3, -0.25) is 4.79 Å². The molecule has 0 N–H and O–H groups in total. The molecule has 5 nitrogen and oxygen atoms in total. The van der Waals surface area contributed by atoms with Gasteiger partial charge < -0.3 is 9.80 Å². The summed E-state index contributed by atoms with van der Waals surface area (Å²) in [5.74, 6) is 0.118. The predicted octanol–water partition coefficient (Wildman–Crippen LogP) is 4.08. The highest BCUT2D eigenvalue weighted by Crippen LogP contribution is 2.30. The van der Waals surface area contributed by atoms with Crippen LogP contribution in [0.15, 0.2) is 24.3 Å². The zero-order valence-corrected chi connectivity index (χ0v) is 17.2. The molecule has 146 valence electrons. The Hall–Kier alpha value is -2.23. The molecule has 2 saturated heterocycles. The number of benzene rings is 1. The largest absolute Gasteiger partial charge is 0.338 e. The molecular weight excluding hydrogens is 368 g/mol. The Kier molecular flexibility index (Phi) is 5.74. The van der Waals surface area contributed by atoms with Crippen molar-refractivity contribution < 1.29 is 4.79 Å². The van der Waals surface area contributed by atoms with Crippen molar-refractivity contribution >= 4 is 17.2 Å². The van der Waals surface area contributed by atoms with Gasteiger partial charge in [-0.15, -0.1) is 11.3 Å². The lowest BCUT2D eigenvalue weighted by Crippen LogP contribution is -2.48. The van der Waals surface area contributed by atoms with Crippen LogP contribution in [0, 0.1) is 18.3 Å². The number of nitriles is 1. The lowest BCUT2D eigenvalue weighted by atomic mass is 10.00. The number of rotatable bonds is 3. The van der Waals surface area contributed by atoms with Crippen molar-refractivity contribution in [2.24, 2.45) is 0 Å². The second-order valence-electron chi connectivity index (χ2n) is 7.74. The maximum atomic E-state index is 13.1. The van der Waals surface area contributed by atoms with Crippen molar-refractivity contribution in [2.45, 2.75) is 45.1 Å². The summed E-state index contributed by atoms with van der Waals surface area (Å²) in [5.41, 5.74) is 2.38. The number of thiazole rings is 1. The fraction of sp³-hybridized carbons (Fsp3) is 0.500. The van der Waals surface area contributed by atoms with Gasteiger partial charge in [0.2, 0.25) is 0 Å². The van der Waals surface area contributed by atoms with Crippen LogP contribution in [0.1, 0.15) is 53.0 Å². The van der Waals surface area contributed by atoms with Gasteiger partial charge in [-0.2, -0.15) is 5.26 Å². The van der Waals surface area contributed by atoms with E-state index < -0.39 is 0 Å². The van der Waals surface area contributed by atoms with Crippen molar-refractivity contribution in [3.63, 3.8) is 0 Å². The molecule has 2 fully saturated rings. The van der Waals surface area contributed by atoms with Crippen molar-refractivity contribution in [2.75, 3.05) is 26.2 Å². The fourth-order valence-corrected chi connectivity index (χ4v) is 5.31. The highest BCUT2D eigenvalue weighted by molar-refractivity contribution is 7.17. The number of hydrogen-bond donors (Lipinski definition) is 0. The lowest BCUT2D eigenvalue weighted by Gasteiger charge is -2.40. The average Bonchev–Trinajstić information content (AvgIpc) is 3.15. The van der Waals surface area contributed by atoms with Gasteiger partial charge in [0.25, 0.3) is 5.91 Å². The first-order chi connectivity index (χ1) is 13.7. The molecule has 1 amide bonds. The van der Waals surface area contributed by atoms with Gasteiger partial charge in [-0.05, 0) is 57.8 Å². The van der Waals surface area contributed by atoms with Gasteiger partial charge in [-0.25, -0.2) is 4.98 Å². The van der Waals surface area contributed by atoms with Crippen LogP contribution in [-0.4, -0.2) is 52.9 Å². The van der Waals surface area contributed by atoms with Crippen LogP contribution in [0.25, 0.3) is 10.6 Å². The molecule has 1 aromatic carbocycles. The Bertz CT molecular complexity index is 869. The smallest absolute Gasteiger partial charge is 0.265 e.